The van der Waals surface area contributed by atoms with Gasteiger partial charge in [-0.25, -0.2) is 0 Å². The van der Waals surface area contributed by atoms with Crippen LogP contribution in [0.4, 0.5) is 0 Å². The van der Waals surface area contributed by atoms with E-state index in [9.17, 15) is 9.90 Å². The number of carboxylic acids is 1. The Labute approximate surface area is 81.0 Å². The van der Waals surface area contributed by atoms with Crippen molar-refractivity contribution >= 4 is 5.97 Å². The van der Waals surface area contributed by atoms with Crippen molar-refractivity contribution in [3.05, 3.63) is 29.3 Å². The first kappa shape index (κ1) is 10.5. The molecule has 0 saturated carbocycles. The van der Waals surface area contributed by atoms with E-state index in [1.165, 1.54) is 12.1 Å². The summed E-state index contributed by atoms with van der Waals surface area (Å²) in [4.78, 5) is 10.6. The van der Waals surface area contributed by atoms with Crippen molar-refractivity contribution in [2.24, 2.45) is 11.5 Å². The third-order valence-electron chi connectivity index (χ3n) is 1.93. The fourth-order valence-corrected chi connectivity index (χ4v) is 1.11. The van der Waals surface area contributed by atoms with Crippen LogP contribution in [0.15, 0.2) is 18.2 Å². The number of nitrogens with two attached hydrogens (primary N) is 2. The lowest BCUT2D eigenvalue weighted by molar-refractivity contribution is -0.138. The molecule has 1 atom stereocenters. The van der Waals surface area contributed by atoms with E-state index < -0.39 is 12.0 Å². The van der Waals surface area contributed by atoms with E-state index in [2.05, 4.69) is 0 Å². The van der Waals surface area contributed by atoms with E-state index in [1.54, 1.807) is 6.07 Å². The maximum Gasteiger partial charge on any atom is 0.325 e. The predicted octanol–water partition coefficient (Wildman–Crippen LogP) is -0.0647. The first-order valence-corrected chi connectivity index (χ1v) is 4.06. The van der Waals surface area contributed by atoms with Crippen LogP contribution in [-0.2, 0) is 11.3 Å². The lowest BCUT2D eigenvalue weighted by Crippen LogP contribution is -2.21. The van der Waals surface area contributed by atoms with Crippen LogP contribution in [-0.4, -0.2) is 16.2 Å². The molecule has 6 N–H and O–H groups in total. The van der Waals surface area contributed by atoms with Crippen molar-refractivity contribution < 1.29 is 15.0 Å². The van der Waals surface area contributed by atoms with Crippen LogP contribution in [0.1, 0.15) is 17.2 Å². The Morgan fingerprint density at radius 1 is 1.50 bits per heavy atom. The highest BCUT2D eigenvalue weighted by molar-refractivity contribution is 5.76. The molecule has 76 valence electrons. The molecule has 0 aromatic heterocycles. The van der Waals surface area contributed by atoms with Gasteiger partial charge in [0.15, 0.2) is 0 Å². The van der Waals surface area contributed by atoms with Gasteiger partial charge in [-0.15, -0.1) is 0 Å². The molecule has 0 bridgehead atoms. The number of aromatic hydroxyl groups is 1. The SMILES string of the molecule is NCc1ccc(O)c([C@H](N)C(=O)O)c1. The van der Waals surface area contributed by atoms with Crippen molar-refractivity contribution in [2.75, 3.05) is 0 Å². The second kappa shape index (κ2) is 4.08. The third kappa shape index (κ3) is 2.01. The summed E-state index contributed by atoms with van der Waals surface area (Å²) in [6.07, 6.45) is 0. The molecule has 1 rings (SSSR count). The number of hydrogen-bond donors (Lipinski definition) is 4. The number of carboxylic acid groups (broad SMARTS) is 1. The quantitative estimate of drug-likeness (QED) is 0.541. The fourth-order valence-electron chi connectivity index (χ4n) is 1.11. The van der Waals surface area contributed by atoms with Gasteiger partial charge >= 0.3 is 5.97 Å². The van der Waals surface area contributed by atoms with Crippen molar-refractivity contribution in [3.63, 3.8) is 0 Å². The Morgan fingerprint density at radius 2 is 2.14 bits per heavy atom. The van der Waals surface area contributed by atoms with Crippen LogP contribution in [0.3, 0.4) is 0 Å². The van der Waals surface area contributed by atoms with Gasteiger partial charge in [0.1, 0.15) is 11.8 Å². The zero-order chi connectivity index (χ0) is 10.7. The standard InChI is InChI=1S/C9H12N2O3/c10-4-5-1-2-7(12)6(3-5)8(11)9(13)14/h1-3,8,12H,4,10-11H2,(H,13,14)/t8-/m0/s1. The number of hydrogen-bond acceptors (Lipinski definition) is 4. The second-order valence-electron chi connectivity index (χ2n) is 2.91. The molecular formula is C9H12N2O3. The summed E-state index contributed by atoms with van der Waals surface area (Å²) >= 11 is 0. The normalized spacial score (nSPS) is 12.4. The van der Waals surface area contributed by atoms with Gasteiger partial charge in [0.25, 0.3) is 0 Å². The Balaban J connectivity index is 3.11. The lowest BCUT2D eigenvalue weighted by Gasteiger charge is -2.10. The molecule has 0 heterocycles. The van der Waals surface area contributed by atoms with Crippen molar-refractivity contribution in [3.8, 4) is 5.75 Å². The Hall–Kier alpha value is -1.59. The summed E-state index contributed by atoms with van der Waals surface area (Å²) in [5.41, 5.74) is 11.6. The highest BCUT2D eigenvalue weighted by atomic mass is 16.4. The smallest absolute Gasteiger partial charge is 0.325 e. The van der Waals surface area contributed by atoms with E-state index >= 15 is 0 Å². The minimum absolute atomic E-state index is 0.128. The maximum absolute atomic E-state index is 10.6. The van der Waals surface area contributed by atoms with Crippen molar-refractivity contribution in [2.45, 2.75) is 12.6 Å². The van der Waals surface area contributed by atoms with Crippen LogP contribution in [0.2, 0.25) is 0 Å². The number of phenols is 1. The van der Waals surface area contributed by atoms with Crippen molar-refractivity contribution in [1.82, 2.24) is 0 Å². The lowest BCUT2D eigenvalue weighted by atomic mass is 10.0. The summed E-state index contributed by atoms with van der Waals surface area (Å²) < 4.78 is 0. The Morgan fingerprint density at radius 3 is 2.64 bits per heavy atom. The van der Waals surface area contributed by atoms with E-state index in [-0.39, 0.29) is 17.9 Å². The first-order chi connectivity index (χ1) is 6.56. The van der Waals surface area contributed by atoms with Crippen molar-refractivity contribution in [1.29, 1.82) is 0 Å². The molecular weight excluding hydrogens is 184 g/mol. The number of carbonyl (C=O) groups is 1. The zero-order valence-corrected chi connectivity index (χ0v) is 7.47. The molecule has 0 aliphatic heterocycles. The first-order valence-electron chi connectivity index (χ1n) is 4.06. The van der Waals surface area contributed by atoms with Gasteiger partial charge in [0.05, 0.1) is 0 Å². The van der Waals surface area contributed by atoms with E-state index in [1.807, 2.05) is 0 Å². The molecule has 0 fully saturated rings. The van der Waals surface area contributed by atoms with Gasteiger partial charge in [-0.05, 0) is 17.7 Å². The average molecular weight is 196 g/mol. The van der Waals surface area contributed by atoms with Gasteiger partial charge in [0, 0.05) is 12.1 Å². The number of benzene rings is 1. The van der Waals surface area contributed by atoms with E-state index in [0.29, 0.717) is 0 Å². The molecule has 5 heteroatoms. The molecule has 1 aromatic rings. The average Bonchev–Trinajstić information content (AvgIpc) is 2.17. The second-order valence-corrected chi connectivity index (χ2v) is 2.91. The summed E-state index contributed by atoms with van der Waals surface area (Å²) in [6.45, 7) is 0.277. The van der Waals surface area contributed by atoms with Gasteiger partial charge < -0.3 is 21.7 Å². The topological polar surface area (TPSA) is 110 Å². The number of phenolic OH excluding ortho intramolecular Hbond substituents is 1. The molecule has 0 amide bonds. The largest absolute Gasteiger partial charge is 0.508 e. The Bertz CT molecular complexity index is 352. The molecule has 0 spiro atoms. The molecule has 0 saturated heterocycles. The van der Waals surface area contributed by atoms with Gasteiger partial charge in [-0.2, -0.15) is 0 Å². The predicted molar refractivity (Wildman–Crippen MR) is 50.6 cm³/mol. The van der Waals surface area contributed by atoms with Gasteiger partial charge in [-0.1, -0.05) is 6.07 Å². The zero-order valence-electron chi connectivity index (χ0n) is 7.47. The third-order valence-corrected chi connectivity index (χ3v) is 1.93. The van der Waals surface area contributed by atoms with Gasteiger partial charge in [-0.3, -0.25) is 4.79 Å². The molecule has 0 unspecified atom stereocenters. The highest BCUT2D eigenvalue weighted by Crippen LogP contribution is 2.23. The van der Waals surface area contributed by atoms with Crippen LogP contribution in [0, 0.1) is 0 Å². The van der Waals surface area contributed by atoms with E-state index in [4.69, 9.17) is 16.6 Å². The van der Waals surface area contributed by atoms with Crippen LogP contribution < -0.4 is 11.5 Å². The monoisotopic (exact) mass is 196 g/mol. The number of aliphatic carboxylic acids is 1. The van der Waals surface area contributed by atoms with Crippen LogP contribution in [0.5, 0.6) is 5.75 Å². The highest BCUT2D eigenvalue weighted by Gasteiger charge is 2.18. The molecule has 0 aliphatic carbocycles. The van der Waals surface area contributed by atoms with E-state index in [0.717, 1.165) is 5.56 Å². The summed E-state index contributed by atoms with van der Waals surface area (Å²) in [6, 6.07) is 3.28. The number of rotatable bonds is 3. The summed E-state index contributed by atoms with van der Waals surface area (Å²) in [5, 5.41) is 18.0. The maximum atomic E-state index is 10.6. The summed E-state index contributed by atoms with van der Waals surface area (Å²) in [7, 11) is 0. The molecule has 14 heavy (non-hydrogen) atoms. The Kier molecular flexibility index (Phi) is 3.06. The minimum atomic E-state index is -1.22. The minimum Gasteiger partial charge on any atom is -0.508 e. The molecule has 1 aromatic carbocycles. The van der Waals surface area contributed by atoms with Gasteiger partial charge in [0.2, 0.25) is 0 Å². The molecule has 5 nitrogen and oxygen atoms in total. The van der Waals surface area contributed by atoms with Crippen LogP contribution in [0.25, 0.3) is 0 Å². The summed E-state index contributed by atoms with van der Waals surface area (Å²) in [5.74, 6) is -1.31. The van der Waals surface area contributed by atoms with Crippen LogP contribution >= 0.6 is 0 Å². The molecule has 0 aliphatic rings. The fraction of sp³-hybridized carbons (Fsp3) is 0.222. The molecule has 0 radical (unpaired) electrons.